The molecule has 0 saturated carbocycles. The van der Waals surface area contributed by atoms with E-state index < -0.39 is 138 Å². The lowest BCUT2D eigenvalue weighted by atomic mass is 9.89. The summed E-state index contributed by atoms with van der Waals surface area (Å²) >= 11 is 0. The molecule has 416 valence electrons. The Hall–Kier alpha value is -5.52. The van der Waals surface area contributed by atoms with Crippen molar-refractivity contribution in [3.05, 3.63) is 35.9 Å². The van der Waals surface area contributed by atoms with E-state index in [9.17, 15) is 58.2 Å². The van der Waals surface area contributed by atoms with Gasteiger partial charge in [-0.2, -0.15) is 0 Å². The molecule has 1 heterocycles. The first-order valence-electron chi connectivity index (χ1n) is 26.2. The van der Waals surface area contributed by atoms with Gasteiger partial charge in [-0.1, -0.05) is 57.5 Å². The van der Waals surface area contributed by atoms with E-state index in [1.807, 2.05) is 20.8 Å². The second-order valence-corrected chi connectivity index (χ2v) is 20.0. The topological polar surface area (TPSA) is 387 Å². The minimum Gasteiger partial charge on any atom is -0.393 e. The number of ketones is 4. The molecule has 22 heteroatoms. The third-order valence-corrected chi connectivity index (χ3v) is 13.2. The second-order valence-electron chi connectivity index (χ2n) is 20.0. The minimum atomic E-state index is -1.40. The van der Waals surface area contributed by atoms with Crippen molar-refractivity contribution in [1.29, 1.82) is 0 Å². The predicted molar refractivity (Wildman–Crippen MR) is 277 cm³/mol. The van der Waals surface area contributed by atoms with Crippen molar-refractivity contribution < 1.29 is 58.2 Å². The number of carbonyl (C=O) groups is 10. The number of aliphatic hydroxyl groups is 2. The van der Waals surface area contributed by atoms with Gasteiger partial charge in [-0.3, -0.25) is 47.9 Å². The molecular weight excluding hydrogens is 957 g/mol. The van der Waals surface area contributed by atoms with Gasteiger partial charge in [-0.05, 0) is 103 Å². The first kappa shape index (κ1) is 64.6. The normalized spacial score (nSPS) is 24.1. The Morgan fingerprint density at radius 3 is 1.78 bits per heavy atom. The molecule has 0 spiro atoms. The number of benzene rings is 1. The molecule has 1 aliphatic rings. The molecule has 0 radical (unpaired) electrons. The van der Waals surface area contributed by atoms with E-state index in [4.69, 9.17) is 22.9 Å². The molecule has 2 rings (SSSR count). The summed E-state index contributed by atoms with van der Waals surface area (Å²) in [5, 5.41) is 37.4. The van der Waals surface area contributed by atoms with Crippen LogP contribution in [0.5, 0.6) is 0 Å². The highest BCUT2D eigenvalue weighted by Crippen LogP contribution is 2.21. The van der Waals surface area contributed by atoms with Crippen LogP contribution in [0.1, 0.15) is 124 Å². The molecule has 22 nitrogen and oxygen atoms in total. The first-order valence-corrected chi connectivity index (χ1v) is 26.2. The maximum atomic E-state index is 14.5. The van der Waals surface area contributed by atoms with Gasteiger partial charge >= 0.3 is 0 Å². The molecular formula is C52H86N10O12. The zero-order valence-corrected chi connectivity index (χ0v) is 44.0. The number of rotatable bonds is 24. The summed E-state index contributed by atoms with van der Waals surface area (Å²) in [5.41, 5.74) is 24.3. The molecule has 6 amide bonds. The first-order chi connectivity index (χ1) is 35.1. The Morgan fingerprint density at radius 1 is 0.689 bits per heavy atom. The molecule has 1 aromatic carbocycles. The number of hydrogen-bond donors (Lipinski definition) is 12. The highest BCUT2D eigenvalue weighted by Gasteiger charge is 2.37. The van der Waals surface area contributed by atoms with Crippen LogP contribution in [0, 0.1) is 29.6 Å². The number of nitrogens with two attached hydrogens (primary N) is 4. The smallest absolute Gasteiger partial charge is 0.243 e. The quantitative estimate of drug-likeness (QED) is 0.0583. The fourth-order valence-electron chi connectivity index (χ4n) is 8.78. The van der Waals surface area contributed by atoms with Gasteiger partial charge in [0.15, 0.2) is 17.3 Å². The van der Waals surface area contributed by atoms with Crippen LogP contribution in [0.2, 0.25) is 0 Å². The molecule has 0 aromatic heterocycles. The molecule has 2 unspecified atom stereocenters. The summed E-state index contributed by atoms with van der Waals surface area (Å²) in [4.78, 5) is 139. The number of carbonyl (C=O) groups excluding carboxylic acids is 10. The van der Waals surface area contributed by atoms with Gasteiger partial charge < -0.3 is 65.0 Å². The molecule has 0 bridgehead atoms. The third-order valence-electron chi connectivity index (χ3n) is 13.2. The molecule has 1 aromatic rings. The van der Waals surface area contributed by atoms with Crippen molar-refractivity contribution >= 4 is 58.6 Å². The van der Waals surface area contributed by atoms with Gasteiger partial charge in [-0.25, -0.2) is 0 Å². The number of Topliss-reactive ketones (excluding diaryl/α,β-unsaturated/α-hetero) is 4. The fourth-order valence-corrected chi connectivity index (χ4v) is 8.78. The van der Waals surface area contributed by atoms with Gasteiger partial charge in [0, 0.05) is 50.5 Å². The molecule has 11 atom stereocenters. The summed E-state index contributed by atoms with van der Waals surface area (Å²) in [6.07, 6.45) is -3.39. The van der Waals surface area contributed by atoms with E-state index in [2.05, 4.69) is 31.9 Å². The Kier molecular flexibility index (Phi) is 29.8. The zero-order chi connectivity index (χ0) is 55.5. The van der Waals surface area contributed by atoms with Crippen molar-refractivity contribution in [2.45, 2.75) is 167 Å². The Labute approximate surface area is 435 Å². The van der Waals surface area contributed by atoms with Crippen LogP contribution in [0.15, 0.2) is 30.3 Å². The van der Waals surface area contributed by atoms with Crippen molar-refractivity contribution in [2.75, 3.05) is 32.7 Å². The monoisotopic (exact) mass is 1040 g/mol. The summed E-state index contributed by atoms with van der Waals surface area (Å²) in [7, 11) is 0. The SMILES string of the molecule is CCCCC(=O)C[C@H](C(=O)N[C@@H](CCN)C(=O)C[C@H]1CCNC(=O)[C@H](C(C)O)CC(=O)[C@H](CCN)NC(=O)[C@H](CCN)NC(=O)[C@H](CC(C)C)NC(=O)[C@@H](Cc2ccccc2)CC(=O)[C@H](CCN)NC1=O)C(C)O. The van der Waals surface area contributed by atoms with Crippen LogP contribution in [-0.4, -0.2) is 144 Å². The summed E-state index contributed by atoms with van der Waals surface area (Å²) in [6.45, 7) is 7.59. The fraction of sp³-hybridized carbons (Fsp3) is 0.692. The number of hydrogen-bond acceptors (Lipinski definition) is 16. The maximum Gasteiger partial charge on any atom is 0.243 e. The highest BCUT2D eigenvalue weighted by molar-refractivity contribution is 5.98. The average Bonchev–Trinajstić information content (AvgIpc) is 3.34. The number of aliphatic hydroxyl groups excluding tert-OH is 2. The lowest BCUT2D eigenvalue weighted by molar-refractivity contribution is -0.137. The summed E-state index contributed by atoms with van der Waals surface area (Å²) < 4.78 is 0. The van der Waals surface area contributed by atoms with E-state index in [1.165, 1.54) is 13.8 Å². The van der Waals surface area contributed by atoms with E-state index in [1.54, 1.807) is 30.3 Å². The van der Waals surface area contributed by atoms with Gasteiger partial charge in [-0.15, -0.1) is 0 Å². The van der Waals surface area contributed by atoms with Gasteiger partial charge in [0.05, 0.1) is 42.2 Å². The Bertz CT molecular complexity index is 2000. The molecule has 0 aliphatic carbocycles. The van der Waals surface area contributed by atoms with Gasteiger partial charge in [0.2, 0.25) is 35.4 Å². The van der Waals surface area contributed by atoms with Crippen LogP contribution >= 0.6 is 0 Å². The van der Waals surface area contributed by atoms with Gasteiger partial charge in [0.25, 0.3) is 0 Å². The van der Waals surface area contributed by atoms with Crippen LogP contribution in [0.25, 0.3) is 0 Å². The second kappa shape index (κ2) is 34.1. The van der Waals surface area contributed by atoms with Crippen molar-refractivity contribution in [1.82, 2.24) is 31.9 Å². The van der Waals surface area contributed by atoms with Crippen molar-refractivity contribution in [3.8, 4) is 0 Å². The van der Waals surface area contributed by atoms with Crippen LogP contribution in [0.3, 0.4) is 0 Å². The Morgan fingerprint density at radius 2 is 1.23 bits per heavy atom. The molecule has 1 saturated heterocycles. The van der Waals surface area contributed by atoms with E-state index >= 15 is 0 Å². The lowest BCUT2D eigenvalue weighted by Gasteiger charge is -2.28. The number of amides is 6. The van der Waals surface area contributed by atoms with E-state index in [0.29, 0.717) is 12.0 Å². The van der Waals surface area contributed by atoms with Crippen LogP contribution in [-0.2, 0) is 54.4 Å². The molecule has 1 aliphatic heterocycles. The van der Waals surface area contributed by atoms with E-state index in [-0.39, 0.29) is 102 Å². The standard InChI is InChI=1S/C52H86N10O12/c1-6-7-13-36(65)28-37(31(4)63)50(72)59-40(15-20-54)44(66)26-34-18-23-57-49(71)38(32(5)64)29-46(68)41(16-21-55)60-51(73)42(17-22-56)61-52(74)43(24-30(2)3)62-48(70)35(25-33-11-9-8-10-12-33)27-45(67)39(14-19-53)58-47(34)69/h8-12,30-32,34-35,37-43,63-64H,6-7,13-29,53-56H2,1-5H3,(H,57,71)(H,58,69)(H,59,72)(H,60,73)(H,61,74)(H,62,70)/t31?,32?,34-,35+,37+,38+,39+,40+,41+,42+,43+/m1/s1. The predicted octanol–water partition coefficient (Wildman–Crippen LogP) is -1.13. The zero-order valence-electron chi connectivity index (χ0n) is 44.0. The molecule has 74 heavy (non-hydrogen) atoms. The van der Waals surface area contributed by atoms with Crippen LogP contribution < -0.4 is 54.8 Å². The maximum absolute atomic E-state index is 14.5. The van der Waals surface area contributed by atoms with Crippen molar-refractivity contribution in [3.63, 3.8) is 0 Å². The number of unbranched alkanes of at least 4 members (excludes halogenated alkanes) is 1. The van der Waals surface area contributed by atoms with Crippen molar-refractivity contribution in [2.24, 2.45) is 52.5 Å². The molecule has 16 N–H and O–H groups in total. The third kappa shape index (κ3) is 22.5. The average molecular weight is 1040 g/mol. The highest BCUT2D eigenvalue weighted by atomic mass is 16.3. The van der Waals surface area contributed by atoms with Gasteiger partial charge in [0.1, 0.15) is 17.9 Å². The lowest BCUT2D eigenvalue weighted by Crippen LogP contribution is -2.57. The number of nitrogens with one attached hydrogen (secondary N) is 6. The van der Waals surface area contributed by atoms with E-state index in [0.717, 1.165) is 6.42 Å². The Balaban J connectivity index is 2.74. The molecule has 1 fully saturated rings. The largest absolute Gasteiger partial charge is 0.393 e. The summed E-state index contributed by atoms with van der Waals surface area (Å²) in [5.74, 6) is -11.9. The van der Waals surface area contributed by atoms with Crippen LogP contribution in [0.4, 0.5) is 0 Å². The minimum absolute atomic E-state index is 0.0355. The summed E-state index contributed by atoms with van der Waals surface area (Å²) in [6, 6.07) is 2.50.